The standard InChI is InChI=1S/C23H36O6Si/c1-10-23-19-18(26-13-25-7)17(29-23)16(24)14(12-27-30(8,9)20(2,3)4)21(19,5)11-15-22(23,6)28-15/h1,14-15,17-19H,11-13H2,2-9H3. The normalized spacial score (nSPS) is 47.0. The monoisotopic (exact) mass is 436 g/mol. The average molecular weight is 437 g/mol. The number of methoxy groups -OCH3 is 1. The van der Waals surface area contributed by atoms with Crippen LogP contribution in [0.4, 0.5) is 0 Å². The largest absolute Gasteiger partial charge is 0.416 e. The zero-order valence-corrected chi connectivity index (χ0v) is 20.5. The quantitative estimate of drug-likeness (QED) is 0.276. The molecule has 0 aromatic rings. The maximum absolute atomic E-state index is 13.7. The van der Waals surface area contributed by atoms with E-state index in [9.17, 15) is 4.79 Å². The van der Waals surface area contributed by atoms with Crippen LogP contribution in [0.15, 0.2) is 0 Å². The van der Waals surface area contributed by atoms with Crippen molar-refractivity contribution in [1.29, 1.82) is 0 Å². The second-order valence-corrected chi connectivity index (χ2v) is 16.2. The number of carbonyl (C=O) groups excluding carboxylic acids is 1. The molecule has 8 atom stereocenters. The van der Waals surface area contributed by atoms with Crippen LogP contribution in [-0.2, 0) is 28.2 Å². The third kappa shape index (κ3) is 2.71. The second-order valence-electron chi connectivity index (χ2n) is 11.4. The Labute approximate surface area is 181 Å². The number of carbonyl (C=O) groups is 1. The Balaban J connectivity index is 1.72. The van der Waals surface area contributed by atoms with Crippen LogP contribution in [0, 0.1) is 29.6 Å². The number of ether oxygens (including phenoxy) is 4. The summed E-state index contributed by atoms with van der Waals surface area (Å²) in [7, 11) is -0.445. The lowest BCUT2D eigenvalue weighted by Gasteiger charge is -2.53. The van der Waals surface area contributed by atoms with E-state index in [1.807, 2.05) is 6.92 Å². The van der Waals surface area contributed by atoms with Crippen LogP contribution >= 0.6 is 0 Å². The van der Waals surface area contributed by atoms with Crippen LogP contribution < -0.4 is 0 Å². The molecule has 8 unspecified atom stereocenters. The van der Waals surface area contributed by atoms with Gasteiger partial charge in [0.2, 0.25) is 0 Å². The molecular formula is C23H36O6Si. The van der Waals surface area contributed by atoms with Gasteiger partial charge in [0.15, 0.2) is 19.7 Å². The molecule has 30 heavy (non-hydrogen) atoms. The van der Waals surface area contributed by atoms with E-state index in [0.29, 0.717) is 6.61 Å². The number of Topliss-reactive ketones (excluding diaryl/α,β-unsaturated/α-hetero) is 1. The third-order valence-corrected chi connectivity index (χ3v) is 13.3. The minimum atomic E-state index is -2.02. The molecule has 2 heterocycles. The van der Waals surface area contributed by atoms with Crippen molar-refractivity contribution in [2.24, 2.45) is 17.3 Å². The molecule has 6 nitrogen and oxygen atoms in total. The molecule has 0 radical (unpaired) electrons. The van der Waals surface area contributed by atoms with E-state index in [1.165, 1.54) is 0 Å². The fraction of sp³-hybridized carbons (Fsp3) is 0.870. The van der Waals surface area contributed by atoms with Gasteiger partial charge in [0.1, 0.15) is 24.6 Å². The molecule has 0 aromatic heterocycles. The van der Waals surface area contributed by atoms with Gasteiger partial charge in [-0.25, -0.2) is 0 Å². The number of terminal acetylenes is 1. The molecule has 168 valence electrons. The van der Waals surface area contributed by atoms with Crippen LogP contribution in [0.25, 0.3) is 0 Å². The van der Waals surface area contributed by atoms with Crippen molar-refractivity contribution >= 4 is 14.1 Å². The van der Waals surface area contributed by atoms with Gasteiger partial charge in [-0.05, 0) is 36.9 Å². The first-order valence-electron chi connectivity index (χ1n) is 10.9. The zero-order valence-electron chi connectivity index (χ0n) is 19.5. The second kappa shape index (κ2) is 6.63. The van der Waals surface area contributed by atoms with Gasteiger partial charge in [-0.15, -0.1) is 6.42 Å². The summed E-state index contributed by atoms with van der Waals surface area (Å²) in [5.41, 5.74) is -1.99. The van der Waals surface area contributed by atoms with Crippen LogP contribution in [0.5, 0.6) is 0 Å². The van der Waals surface area contributed by atoms with E-state index in [1.54, 1.807) is 7.11 Å². The van der Waals surface area contributed by atoms with Gasteiger partial charge in [0, 0.05) is 25.6 Å². The number of ketones is 1. The maximum Gasteiger partial charge on any atom is 0.192 e. The van der Waals surface area contributed by atoms with Gasteiger partial charge in [-0.1, -0.05) is 33.6 Å². The smallest absolute Gasteiger partial charge is 0.192 e. The summed E-state index contributed by atoms with van der Waals surface area (Å²) in [5.74, 6) is 2.51. The number of fused-ring (bicyclic) bond motifs is 3. The predicted molar refractivity (Wildman–Crippen MR) is 114 cm³/mol. The summed E-state index contributed by atoms with van der Waals surface area (Å²) in [4.78, 5) is 13.7. The van der Waals surface area contributed by atoms with Crippen molar-refractivity contribution in [2.45, 2.75) is 88.7 Å². The molecule has 2 aliphatic carbocycles. The molecule has 7 heteroatoms. The molecular weight excluding hydrogens is 400 g/mol. The first kappa shape index (κ1) is 22.4. The van der Waals surface area contributed by atoms with Crippen molar-refractivity contribution < 1.29 is 28.2 Å². The average Bonchev–Trinajstić information content (AvgIpc) is 3.18. The van der Waals surface area contributed by atoms with Gasteiger partial charge in [-0.2, -0.15) is 0 Å². The molecule has 0 spiro atoms. The van der Waals surface area contributed by atoms with Gasteiger partial charge >= 0.3 is 0 Å². The Hall–Kier alpha value is -0.753. The van der Waals surface area contributed by atoms with Crippen molar-refractivity contribution in [3.63, 3.8) is 0 Å². The maximum atomic E-state index is 13.7. The Morgan fingerprint density at radius 2 is 1.93 bits per heavy atom. The molecule has 2 saturated carbocycles. The first-order valence-corrected chi connectivity index (χ1v) is 13.8. The summed E-state index contributed by atoms with van der Waals surface area (Å²) < 4.78 is 30.3. The van der Waals surface area contributed by atoms with Crippen LogP contribution in [-0.4, -0.2) is 64.1 Å². The van der Waals surface area contributed by atoms with Crippen molar-refractivity contribution in [3.8, 4) is 12.3 Å². The van der Waals surface area contributed by atoms with E-state index >= 15 is 0 Å². The minimum Gasteiger partial charge on any atom is -0.416 e. The Morgan fingerprint density at radius 1 is 1.27 bits per heavy atom. The van der Waals surface area contributed by atoms with Crippen LogP contribution in [0.3, 0.4) is 0 Å². The number of hydrogen-bond acceptors (Lipinski definition) is 6. The molecule has 4 rings (SSSR count). The number of rotatable bonds is 6. The minimum absolute atomic E-state index is 0.0158. The molecule has 4 fully saturated rings. The summed E-state index contributed by atoms with van der Waals surface area (Å²) >= 11 is 0. The molecule has 0 aromatic carbocycles. The Morgan fingerprint density at radius 3 is 2.50 bits per heavy atom. The van der Waals surface area contributed by atoms with Crippen molar-refractivity contribution in [1.82, 2.24) is 0 Å². The first-order chi connectivity index (χ1) is 13.8. The molecule has 2 aliphatic heterocycles. The molecule has 2 saturated heterocycles. The van der Waals surface area contributed by atoms with E-state index in [0.717, 1.165) is 6.42 Å². The third-order valence-electron chi connectivity index (χ3n) is 8.82. The highest BCUT2D eigenvalue weighted by molar-refractivity contribution is 6.74. The topological polar surface area (TPSA) is 66.5 Å². The summed E-state index contributed by atoms with van der Waals surface area (Å²) in [6.07, 6.45) is 5.67. The Kier molecular flexibility index (Phi) is 4.96. The van der Waals surface area contributed by atoms with Crippen molar-refractivity contribution in [2.75, 3.05) is 20.5 Å². The predicted octanol–water partition coefficient (Wildman–Crippen LogP) is 3.15. The molecule has 0 N–H and O–H groups in total. The van der Waals surface area contributed by atoms with Crippen molar-refractivity contribution in [3.05, 3.63) is 0 Å². The van der Waals surface area contributed by atoms with E-state index in [4.69, 9.17) is 29.8 Å². The van der Waals surface area contributed by atoms with Gasteiger partial charge < -0.3 is 23.4 Å². The highest BCUT2D eigenvalue weighted by Gasteiger charge is 2.84. The molecule has 2 bridgehead atoms. The lowest BCUT2D eigenvalue weighted by atomic mass is 9.49. The summed E-state index contributed by atoms with van der Waals surface area (Å²) in [6.45, 7) is 15.7. The van der Waals surface area contributed by atoms with Gasteiger partial charge in [-0.3, -0.25) is 4.79 Å². The van der Waals surface area contributed by atoms with E-state index < -0.39 is 37.1 Å². The fourth-order valence-corrected chi connectivity index (χ4v) is 6.86. The summed E-state index contributed by atoms with van der Waals surface area (Å²) in [6, 6.07) is 0. The SMILES string of the molecule is C#CC12OC3C(=O)C(CO[Si](C)(C)C(C)(C)C)C(C)(CC4OC41C)C2C3OCOC. The zero-order chi connectivity index (χ0) is 22.3. The number of hydrogen-bond donors (Lipinski definition) is 0. The fourth-order valence-electron chi connectivity index (χ4n) is 5.84. The highest BCUT2D eigenvalue weighted by atomic mass is 28.4. The summed E-state index contributed by atoms with van der Waals surface area (Å²) in [5, 5.41) is 0.0680. The lowest BCUT2D eigenvalue weighted by molar-refractivity contribution is -0.168. The van der Waals surface area contributed by atoms with Gasteiger partial charge in [0.25, 0.3) is 0 Å². The lowest BCUT2D eigenvalue weighted by Crippen LogP contribution is -2.65. The molecule has 0 amide bonds. The van der Waals surface area contributed by atoms with Crippen LogP contribution in [0.2, 0.25) is 18.1 Å². The molecule has 4 aliphatic rings. The van der Waals surface area contributed by atoms with Gasteiger partial charge in [0.05, 0.1) is 6.10 Å². The Bertz CT molecular complexity index is 784. The van der Waals surface area contributed by atoms with Crippen LogP contribution in [0.1, 0.15) is 41.0 Å². The van der Waals surface area contributed by atoms with E-state index in [2.05, 4.69) is 46.7 Å². The number of epoxide rings is 1. The van der Waals surface area contributed by atoms with E-state index in [-0.39, 0.29) is 35.6 Å². The highest BCUT2D eigenvalue weighted by Crippen LogP contribution is 2.71.